The molecule has 0 heterocycles. The van der Waals surface area contributed by atoms with E-state index in [1.807, 2.05) is 6.92 Å². The van der Waals surface area contributed by atoms with E-state index in [-0.39, 0.29) is 17.7 Å². The highest BCUT2D eigenvalue weighted by Gasteiger charge is 2.38. The van der Waals surface area contributed by atoms with Crippen LogP contribution in [0.2, 0.25) is 0 Å². The first-order valence-electron chi connectivity index (χ1n) is 7.27. The van der Waals surface area contributed by atoms with E-state index in [0.29, 0.717) is 19.3 Å². The molecule has 0 saturated carbocycles. The van der Waals surface area contributed by atoms with Crippen LogP contribution in [0.3, 0.4) is 0 Å². The Labute approximate surface area is 129 Å². The molecule has 0 aliphatic carbocycles. The highest BCUT2D eigenvalue weighted by molar-refractivity contribution is 7.85. The second-order valence-corrected chi connectivity index (χ2v) is 6.81. The van der Waals surface area contributed by atoms with Crippen molar-refractivity contribution < 1.29 is 26.1 Å². The topological polar surface area (TPSA) is 54.4 Å². The van der Waals surface area contributed by atoms with Crippen LogP contribution >= 0.6 is 0 Å². The molecule has 1 atom stereocenters. The SMILES string of the molecule is CCCCC(CCCc1ccc(S(=O)(=O)O)cc1)C(F)(F)F. The fourth-order valence-electron chi connectivity index (χ4n) is 2.30. The second-order valence-electron chi connectivity index (χ2n) is 5.39. The van der Waals surface area contributed by atoms with Crippen LogP contribution in [0.1, 0.15) is 44.6 Å². The maximum atomic E-state index is 12.9. The van der Waals surface area contributed by atoms with Gasteiger partial charge in [-0.05, 0) is 43.4 Å². The quantitative estimate of drug-likeness (QED) is 0.703. The maximum Gasteiger partial charge on any atom is 0.391 e. The molecule has 0 bridgehead atoms. The van der Waals surface area contributed by atoms with Crippen molar-refractivity contribution >= 4 is 10.1 Å². The summed E-state index contributed by atoms with van der Waals surface area (Å²) in [6.45, 7) is 1.87. The van der Waals surface area contributed by atoms with Gasteiger partial charge in [0.2, 0.25) is 0 Å². The summed E-state index contributed by atoms with van der Waals surface area (Å²) in [6.07, 6.45) is -1.80. The van der Waals surface area contributed by atoms with Gasteiger partial charge < -0.3 is 0 Å². The van der Waals surface area contributed by atoms with Crippen LogP contribution in [0.5, 0.6) is 0 Å². The fraction of sp³-hybridized carbons (Fsp3) is 0.600. The molecule has 0 spiro atoms. The minimum absolute atomic E-state index is 0.0730. The van der Waals surface area contributed by atoms with Gasteiger partial charge >= 0.3 is 6.18 Å². The van der Waals surface area contributed by atoms with E-state index in [2.05, 4.69) is 0 Å². The van der Waals surface area contributed by atoms with Gasteiger partial charge in [-0.2, -0.15) is 21.6 Å². The fourth-order valence-corrected chi connectivity index (χ4v) is 2.78. The van der Waals surface area contributed by atoms with Crippen molar-refractivity contribution in [3.8, 4) is 0 Å². The average molecular weight is 338 g/mol. The molecule has 0 saturated heterocycles. The van der Waals surface area contributed by atoms with Gasteiger partial charge in [-0.25, -0.2) is 0 Å². The lowest BCUT2D eigenvalue weighted by Crippen LogP contribution is -2.23. The first-order chi connectivity index (χ1) is 10.1. The van der Waals surface area contributed by atoms with Gasteiger partial charge in [0, 0.05) is 0 Å². The van der Waals surface area contributed by atoms with E-state index in [1.165, 1.54) is 24.3 Å². The minimum atomic E-state index is -4.23. The molecule has 0 aromatic heterocycles. The molecule has 0 aliphatic rings. The predicted molar refractivity (Wildman–Crippen MR) is 78.3 cm³/mol. The van der Waals surface area contributed by atoms with E-state index >= 15 is 0 Å². The van der Waals surface area contributed by atoms with Gasteiger partial charge in [-0.3, -0.25) is 4.55 Å². The molecule has 126 valence electrons. The van der Waals surface area contributed by atoms with Crippen molar-refractivity contribution in [2.24, 2.45) is 5.92 Å². The Morgan fingerprint density at radius 1 is 1.09 bits per heavy atom. The Hall–Kier alpha value is -1.08. The normalized spacial score (nSPS) is 14.0. The molecule has 1 rings (SSSR count). The van der Waals surface area contributed by atoms with E-state index in [9.17, 15) is 21.6 Å². The molecule has 1 N–H and O–H groups in total. The molecule has 22 heavy (non-hydrogen) atoms. The number of hydrogen-bond donors (Lipinski definition) is 1. The zero-order chi connectivity index (χ0) is 16.8. The number of hydrogen-bond acceptors (Lipinski definition) is 2. The van der Waals surface area contributed by atoms with Crippen molar-refractivity contribution in [1.29, 1.82) is 0 Å². The minimum Gasteiger partial charge on any atom is -0.282 e. The van der Waals surface area contributed by atoms with Gasteiger partial charge in [0.25, 0.3) is 10.1 Å². The van der Waals surface area contributed by atoms with Gasteiger partial charge in [-0.15, -0.1) is 0 Å². The summed E-state index contributed by atoms with van der Waals surface area (Å²) in [4.78, 5) is -0.215. The molecular formula is C15H21F3O3S. The second kappa shape index (κ2) is 7.97. The molecule has 0 amide bonds. The summed E-state index contributed by atoms with van der Waals surface area (Å²) < 4.78 is 69.2. The summed E-state index contributed by atoms with van der Waals surface area (Å²) in [7, 11) is -4.23. The molecule has 1 aromatic rings. The van der Waals surface area contributed by atoms with Crippen LogP contribution in [-0.4, -0.2) is 19.1 Å². The van der Waals surface area contributed by atoms with Crippen molar-refractivity contribution in [2.75, 3.05) is 0 Å². The number of rotatable bonds is 8. The number of benzene rings is 1. The van der Waals surface area contributed by atoms with Crippen LogP contribution in [0.4, 0.5) is 13.2 Å². The molecular weight excluding hydrogens is 317 g/mol. The zero-order valence-corrected chi connectivity index (χ0v) is 13.3. The van der Waals surface area contributed by atoms with E-state index in [4.69, 9.17) is 4.55 Å². The molecule has 0 aliphatic heterocycles. The van der Waals surface area contributed by atoms with Crippen molar-refractivity contribution in [3.63, 3.8) is 0 Å². The van der Waals surface area contributed by atoms with Gasteiger partial charge in [0.05, 0.1) is 10.8 Å². The number of alkyl halides is 3. The number of aryl methyl sites for hydroxylation is 1. The third-order valence-corrected chi connectivity index (χ3v) is 4.48. The van der Waals surface area contributed by atoms with Crippen LogP contribution < -0.4 is 0 Å². The highest BCUT2D eigenvalue weighted by Crippen LogP contribution is 2.34. The largest absolute Gasteiger partial charge is 0.391 e. The molecule has 0 radical (unpaired) electrons. The van der Waals surface area contributed by atoms with Gasteiger partial charge in [-0.1, -0.05) is 31.9 Å². The number of halogens is 3. The first-order valence-corrected chi connectivity index (χ1v) is 8.71. The Morgan fingerprint density at radius 2 is 1.64 bits per heavy atom. The third-order valence-electron chi connectivity index (χ3n) is 3.61. The van der Waals surface area contributed by atoms with Crippen LogP contribution in [0.25, 0.3) is 0 Å². The average Bonchev–Trinajstić information content (AvgIpc) is 2.40. The van der Waals surface area contributed by atoms with Gasteiger partial charge in [0.1, 0.15) is 0 Å². The summed E-state index contributed by atoms with van der Waals surface area (Å²) in [5.41, 5.74) is 0.754. The van der Waals surface area contributed by atoms with Crippen LogP contribution in [0.15, 0.2) is 29.2 Å². The Bertz CT molecular complexity index is 550. The monoisotopic (exact) mass is 338 g/mol. The van der Waals surface area contributed by atoms with Crippen LogP contribution in [0, 0.1) is 5.92 Å². The predicted octanol–water partition coefficient (Wildman–Crippen LogP) is 4.62. The van der Waals surface area contributed by atoms with E-state index in [0.717, 1.165) is 12.0 Å². The maximum absolute atomic E-state index is 12.9. The van der Waals surface area contributed by atoms with Crippen molar-refractivity contribution in [2.45, 2.75) is 56.5 Å². The Balaban J connectivity index is 2.54. The molecule has 3 nitrogen and oxygen atoms in total. The molecule has 1 aromatic carbocycles. The summed E-state index contributed by atoms with van der Waals surface area (Å²) >= 11 is 0. The molecule has 7 heteroatoms. The third kappa shape index (κ3) is 6.36. The van der Waals surface area contributed by atoms with Crippen LogP contribution in [-0.2, 0) is 16.5 Å². The summed E-state index contributed by atoms with van der Waals surface area (Å²) in [6, 6.07) is 5.53. The zero-order valence-electron chi connectivity index (χ0n) is 12.4. The molecule has 0 fully saturated rings. The lowest BCUT2D eigenvalue weighted by Gasteiger charge is -2.20. The smallest absolute Gasteiger partial charge is 0.282 e. The van der Waals surface area contributed by atoms with Gasteiger partial charge in [0.15, 0.2) is 0 Å². The van der Waals surface area contributed by atoms with E-state index < -0.39 is 22.2 Å². The lowest BCUT2D eigenvalue weighted by molar-refractivity contribution is -0.178. The summed E-state index contributed by atoms with van der Waals surface area (Å²) in [5, 5.41) is 0. The lowest BCUT2D eigenvalue weighted by atomic mass is 9.94. The first kappa shape index (κ1) is 19.0. The number of unbranched alkanes of at least 4 members (excludes halogenated alkanes) is 1. The Kier molecular flexibility index (Phi) is 6.87. The Morgan fingerprint density at radius 3 is 2.09 bits per heavy atom. The standard InChI is InChI=1S/C15H21F3O3S/c1-2-3-6-13(15(16,17)18)7-4-5-12-8-10-14(11-9-12)22(19,20)21/h8-11,13H,2-7H2,1H3,(H,19,20,21). The highest BCUT2D eigenvalue weighted by atomic mass is 32.2. The van der Waals surface area contributed by atoms with E-state index in [1.54, 1.807) is 0 Å². The molecule has 1 unspecified atom stereocenters. The summed E-state index contributed by atoms with van der Waals surface area (Å²) in [5.74, 6) is -1.27. The van der Waals surface area contributed by atoms with Crippen molar-refractivity contribution in [3.05, 3.63) is 29.8 Å². The van der Waals surface area contributed by atoms with Crippen molar-refractivity contribution in [1.82, 2.24) is 0 Å².